The molecule has 0 radical (unpaired) electrons. The molecule has 0 fully saturated rings. The van der Waals surface area contributed by atoms with E-state index in [0.29, 0.717) is 17.6 Å². The number of para-hydroxylation sites is 1. The number of hydrogen-bond acceptors (Lipinski definition) is 9. The van der Waals surface area contributed by atoms with E-state index in [-0.39, 0.29) is 31.6 Å². The lowest BCUT2D eigenvalue weighted by atomic mass is 9.87. The number of benzene rings is 2. The van der Waals surface area contributed by atoms with Gasteiger partial charge in [0.05, 0.1) is 25.9 Å². The fourth-order valence-corrected chi connectivity index (χ4v) is 5.89. The van der Waals surface area contributed by atoms with E-state index in [4.69, 9.17) is 9.84 Å². The summed E-state index contributed by atoms with van der Waals surface area (Å²) in [7, 11) is 0. The predicted molar refractivity (Wildman–Crippen MR) is 165 cm³/mol. The Balaban J connectivity index is 1.62. The first kappa shape index (κ1) is 37.0. The number of fused-ring (bicyclic) bond motifs is 3. The van der Waals surface area contributed by atoms with Gasteiger partial charge in [0.2, 0.25) is 0 Å². The smallest absolute Gasteiger partial charge is 0.338 e. The Bertz CT molecular complexity index is 1550. The second-order valence-electron chi connectivity index (χ2n) is 11.8. The molecule has 0 spiro atoms. The number of anilines is 1. The number of esters is 1. The number of alkyl halides is 3. The number of aliphatic hydroxyl groups excluding tert-OH is 3. The van der Waals surface area contributed by atoms with Crippen molar-refractivity contribution in [3.8, 4) is 0 Å². The van der Waals surface area contributed by atoms with Crippen molar-refractivity contribution in [3.63, 3.8) is 0 Å². The molecule has 1 aliphatic heterocycles. The molecule has 1 aromatic heterocycles. The zero-order valence-corrected chi connectivity index (χ0v) is 26.1. The van der Waals surface area contributed by atoms with E-state index in [1.807, 2.05) is 6.07 Å². The van der Waals surface area contributed by atoms with Gasteiger partial charge in [0.1, 0.15) is 18.2 Å². The number of carbonyl (C=O) groups is 2. The number of aliphatic carboxylic acids is 1. The van der Waals surface area contributed by atoms with E-state index in [2.05, 4.69) is 15.6 Å². The van der Waals surface area contributed by atoms with Crippen LogP contribution in [0.4, 0.5) is 27.6 Å². The number of nitrogens with zero attached hydrogens (tertiary/aromatic N) is 1. The lowest BCUT2D eigenvalue weighted by molar-refractivity contribution is -0.169. The molecule has 16 heteroatoms. The first-order chi connectivity index (χ1) is 22.8. The van der Waals surface area contributed by atoms with Crippen LogP contribution in [0.5, 0.6) is 0 Å². The van der Waals surface area contributed by atoms with E-state index in [0.717, 1.165) is 23.1 Å². The highest BCUT2D eigenvalue weighted by Crippen LogP contribution is 2.43. The van der Waals surface area contributed by atoms with Crippen molar-refractivity contribution < 1.29 is 56.7 Å². The van der Waals surface area contributed by atoms with Crippen LogP contribution in [0.25, 0.3) is 10.9 Å². The summed E-state index contributed by atoms with van der Waals surface area (Å²) in [6, 6.07) is 6.59. The standard InChI is InChI=1S/C32H39F5N4O7/c1-17-11-21-20-5-2-3-6-24(20)40-26(21)27(41(17)15-32(36,37)16-42)25-22(34)12-19(13-23(25)35)39-18(14-38-9-4-8-33)7-10-48-31(47)29(44)28(43)30(45)46/h2-3,5-6,12-13,17-18,27-29,38-40,42-44H,4,7-11,14-16H2,1H3,(H,45,46)/t17?,18-,27-,28-,29-/m1/s1. The van der Waals surface area contributed by atoms with Crippen LogP contribution in [0.15, 0.2) is 36.4 Å². The topological polar surface area (TPSA) is 167 Å². The van der Waals surface area contributed by atoms with Crippen molar-refractivity contribution in [1.82, 2.24) is 15.2 Å². The van der Waals surface area contributed by atoms with Gasteiger partial charge in [-0.05, 0) is 50.1 Å². The van der Waals surface area contributed by atoms with Crippen molar-refractivity contribution in [2.75, 3.05) is 44.8 Å². The third kappa shape index (κ3) is 8.60. The Morgan fingerprint density at radius 2 is 1.83 bits per heavy atom. The van der Waals surface area contributed by atoms with E-state index >= 15 is 8.78 Å². The molecule has 5 atom stereocenters. The number of H-pyrrole nitrogens is 1. The van der Waals surface area contributed by atoms with Crippen molar-refractivity contribution >= 4 is 28.5 Å². The molecule has 4 rings (SSSR count). The largest absolute Gasteiger partial charge is 0.479 e. The van der Waals surface area contributed by atoms with Crippen LogP contribution < -0.4 is 10.6 Å². The number of carbonyl (C=O) groups excluding carboxylic acids is 1. The fraction of sp³-hybridized carbons (Fsp3) is 0.500. The number of carboxylic acid groups (broad SMARTS) is 1. The van der Waals surface area contributed by atoms with Crippen LogP contribution in [-0.4, -0.2) is 112 Å². The Labute approximate surface area is 272 Å². The molecule has 0 aliphatic carbocycles. The molecule has 1 aliphatic rings. The minimum Gasteiger partial charge on any atom is -0.479 e. The number of halogens is 5. The fourth-order valence-electron chi connectivity index (χ4n) is 5.89. The lowest BCUT2D eigenvalue weighted by Gasteiger charge is -2.42. The molecule has 7 N–H and O–H groups in total. The van der Waals surface area contributed by atoms with Gasteiger partial charge in [0.25, 0.3) is 5.92 Å². The molecular weight excluding hydrogens is 647 g/mol. The van der Waals surface area contributed by atoms with E-state index in [1.54, 1.807) is 25.1 Å². The minimum atomic E-state index is -3.56. The second-order valence-corrected chi connectivity index (χ2v) is 11.8. The molecule has 264 valence electrons. The number of hydrogen-bond donors (Lipinski definition) is 7. The van der Waals surface area contributed by atoms with Gasteiger partial charge in [-0.1, -0.05) is 18.2 Å². The van der Waals surface area contributed by atoms with Crippen molar-refractivity contribution in [3.05, 3.63) is 64.9 Å². The van der Waals surface area contributed by atoms with Crippen LogP contribution >= 0.6 is 0 Å². The molecule has 2 aromatic carbocycles. The first-order valence-corrected chi connectivity index (χ1v) is 15.4. The van der Waals surface area contributed by atoms with Gasteiger partial charge in [0.15, 0.2) is 12.2 Å². The van der Waals surface area contributed by atoms with Crippen molar-refractivity contribution in [2.45, 2.75) is 62.4 Å². The van der Waals surface area contributed by atoms with Crippen LogP contribution in [-0.2, 0) is 20.7 Å². The number of ether oxygens (including phenoxy) is 1. The van der Waals surface area contributed by atoms with Crippen LogP contribution in [0, 0.1) is 11.6 Å². The summed E-state index contributed by atoms with van der Waals surface area (Å²) in [5.41, 5.74) is 1.23. The van der Waals surface area contributed by atoms with Gasteiger partial charge in [-0.2, -0.15) is 0 Å². The lowest BCUT2D eigenvalue weighted by Crippen LogP contribution is -2.49. The third-order valence-corrected chi connectivity index (χ3v) is 8.27. The highest BCUT2D eigenvalue weighted by molar-refractivity contribution is 5.85. The number of nitrogens with one attached hydrogen (secondary N) is 3. The van der Waals surface area contributed by atoms with Gasteiger partial charge in [-0.15, -0.1) is 0 Å². The molecule has 48 heavy (non-hydrogen) atoms. The van der Waals surface area contributed by atoms with Crippen molar-refractivity contribution in [1.29, 1.82) is 0 Å². The summed E-state index contributed by atoms with van der Waals surface area (Å²) >= 11 is 0. The van der Waals surface area contributed by atoms with Crippen molar-refractivity contribution in [2.24, 2.45) is 0 Å². The highest BCUT2D eigenvalue weighted by atomic mass is 19.3. The minimum absolute atomic E-state index is 0.0299. The van der Waals surface area contributed by atoms with Gasteiger partial charge in [0, 0.05) is 52.9 Å². The Hall–Kier alpha value is -3.83. The maximum atomic E-state index is 16.1. The Morgan fingerprint density at radius 1 is 1.15 bits per heavy atom. The summed E-state index contributed by atoms with van der Waals surface area (Å²) in [5, 5.41) is 43.8. The zero-order chi connectivity index (χ0) is 35.2. The summed E-state index contributed by atoms with van der Waals surface area (Å²) in [6.07, 6.45) is -4.28. The molecule has 0 saturated carbocycles. The number of carboxylic acids is 1. The number of aromatic amines is 1. The van der Waals surface area contributed by atoms with Crippen LogP contribution in [0.1, 0.15) is 42.6 Å². The maximum absolute atomic E-state index is 16.1. The number of aliphatic hydroxyl groups is 3. The van der Waals surface area contributed by atoms with Crippen LogP contribution in [0.3, 0.4) is 0 Å². The number of rotatable bonds is 17. The average Bonchev–Trinajstić information content (AvgIpc) is 3.41. The first-order valence-electron chi connectivity index (χ1n) is 15.4. The highest BCUT2D eigenvalue weighted by Gasteiger charge is 2.43. The summed E-state index contributed by atoms with van der Waals surface area (Å²) < 4.78 is 78.8. The number of aromatic nitrogens is 1. The van der Waals surface area contributed by atoms with Crippen LogP contribution in [0.2, 0.25) is 0 Å². The predicted octanol–water partition coefficient (Wildman–Crippen LogP) is 2.88. The summed E-state index contributed by atoms with van der Waals surface area (Å²) in [6.45, 7) is -1.38. The normalized spacial score (nSPS) is 18.7. The molecule has 0 amide bonds. The quantitative estimate of drug-likeness (QED) is 0.0638. The van der Waals surface area contributed by atoms with Gasteiger partial charge >= 0.3 is 11.9 Å². The monoisotopic (exact) mass is 686 g/mol. The van der Waals surface area contributed by atoms with E-state index in [9.17, 15) is 38.1 Å². The van der Waals surface area contributed by atoms with Gasteiger partial charge in [-0.3, -0.25) is 9.29 Å². The maximum Gasteiger partial charge on any atom is 0.338 e. The Kier molecular flexibility index (Phi) is 12.4. The molecule has 0 saturated heterocycles. The average molecular weight is 687 g/mol. The summed E-state index contributed by atoms with van der Waals surface area (Å²) in [5.74, 6) is -8.88. The molecule has 1 unspecified atom stereocenters. The van der Waals surface area contributed by atoms with E-state index in [1.165, 1.54) is 4.90 Å². The molecule has 2 heterocycles. The summed E-state index contributed by atoms with van der Waals surface area (Å²) in [4.78, 5) is 27.2. The second kappa shape index (κ2) is 16.0. The molecular formula is C32H39F5N4O7. The third-order valence-electron chi connectivity index (χ3n) is 8.27. The van der Waals surface area contributed by atoms with E-state index < -0.39 is 91.8 Å². The van der Waals surface area contributed by atoms with Gasteiger partial charge in [-0.25, -0.2) is 27.2 Å². The zero-order valence-electron chi connectivity index (χ0n) is 26.1. The Morgan fingerprint density at radius 3 is 2.48 bits per heavy atom. The molecule has 11 nitrogen and oxygen atoms in total. The van der Waals surface area contributed by atoms with Gasteiger partial charge < -0.3 is 40.8 Å². The SMILES string of the molecule is CC1Cc2c([nH]c3ccccc23)[C@@H](c2c(F)cc(N[C@H](CCOC(=O)[C@H](O)[C@@H](O)C(=O)O)CNCCCF)cc2F)N1CC(F)(F)CO. The molecule has 0 bridgehead atoms. The molecule has 3 aromatic rings.